The quantitative estimate of drug-likeness (QED) is 0.835. The van der Waals surface area contributed by atoms with Crippen LogP contribution in [0.5, 0.6) is 11.5 Å². The van der Waals surface area contributed by atoms with E-state index in [-0.39, 0.29) is 17.9 Å². The number of aromatic hydroxyl groups is 1. The summed E-state index contributed by atoms with van der Waals surface area (Å²) in [5, 5.41) is 10.1. The Morgan fingerprint density at radius 3 is 2.73 bits per heavy atom. The highest BCUT2D eigenvalue weighted by Crippen LogP contribution is 2.37. The Kier molecular flexibility index (Phi) is 5.40. The average molecular weight is 359 g/mol. The number of hydrogen-bond donors (Lipinski definition) is 1. The van der Waals surface area contributed by atoms with Gasteiger partial charge in [-0.15, -0.1) is 0 Å². The molecule has 0 saturated heterocycles. The number of benzene rings is 1. The predicted molar refractivity (Wildman–Crippen MR) is 97.2 cm³/mol. The van der Waals surface area contributed by atoms with Gasteiger partial charge in [0.2, 0.25) is 0 Å². The maximum atomic E-state index is 12.3. The SMILES string of the molecule is COC(=O)N1CCC2=C(CC=C(OC)C2)C1Cc1ccc(OC)c(O)c1. The van der Waals surface area contributed by atoms with Crippen LogP contribution in [0.1, 0.15) is 24.8 Å². The highest BCUT2D eigenvalue weighted by molar-refractivity contribution is 5.69. The topological polar surface area (TPSA) is 68.2 Å². The standard InChI is InChI=1S/C20H25NO5/c1-24-15-5-6-16-14(12-15)8-9-21(20(23)26-3)17(16)10-13-4-7-19(25-2)18(22)11-13/h4-5,7,11,17,22H,6,8-10,12H2,1-3H3. The summed E-state index contributed by atoms with van der Waals surface area (Å²) in [6, 6.07) is 5.27. The van der Waals surface area contributed by atoms with E-state index in [4.69, 9.17) is 14.2 Å². The third kappa shape index (κ3) is 3.49. The van der Waals surface area contributed by atoms with Crippen LogP contribution in [0.15, 0.2) is 41.2 Å². The summed E-state index contributed by atoms with van der Waals surface area (Å²) in [5.41, 5.74) is 3.53. The van der Waals surface area contributed by atoms with Gasteiger partial charge in [-0.3, -0.25) is 0 Å². The lowest BCUT2D eigenvalue weighted by Crippen LogP contribution is -2.46. The Hall–Kier alpha value is -2.63. The number of carbonyl (C=O) groups excluding carboxylic acids is 1. The molecule has 0 bridgehead atoms. The zero-order chi connectivity index (χ0) is 18.7. The number of methoxy groups -OCH3 is 3. The lowest BCUT2D eigenvalue weighted by Gasteiger charge is -2.39. The van der Waals surface area contributed by atoms with E-state index in [2.05, 4.69) is 6.08 Å². The molecule has 1 N–H and O–H groups in total. The molecule has 6 heteroatoms. The molecule has 0 aromatic heterocycles. The van der Waals surface area contributed by atoms with Crippen LogP contribution in [0, 0.1) is 0 Å². The van der Waals surface area contributed by atoms with E-state index in [1.807, 2.05) is 6.07 Å². The largest absolute Gasteiger partial charge is 0.504 e. The molecular formula is C20H25NO5. The maximum absolute atomic E-state index is 12.3. The van der Waals surface area contributed by atoms with Crippen LogP contribution in [0.4, 0.5) is 4.79 Å². The van der Waals surface area contributed by atoms with Crippen molar-refractivity contribution in [3.8, 4) is 11.5 Å². The first-order chi connectivity index (χ1) is 12.6. The molecule has 1 amide bonds. The molecule has 3 rings (SSSR count). The molecule has 0 spiro atoms. The summed E-state index contributed by atoms with van der Waals surface area (Å²) in [6.07, 6.45) is 4.76. The van der Waals surface area contributed by atoms with E-state index in [9.17, 15) is 9.90 Å². The summed E-state index contributed by atoms with van der Waals surface area (Å²) in [6.45, 7) is 0.620. The van der Waals surface area contributed by atoms with E-state index < -0.39 is 0 Å². The zero-order valence-corrected chi connectivity index (χ0v) is 15.4. The summed E-state index contributed by atoms with van der Waals surface area (Å²) in [7, 11) is 4.62. The van der Waals surface area contributed by atoms with E-state index >= 15 is 0 Å². The molecule has 0 fully saturated rings. The molecule has 2 aliphatic rings. The maximum Gasteiger partial charge on any atom is 0.410 e. The number of amides is 1. The third-order valence-corrected chi connectivity index (χ3v) is 5.17. The van der Waals surface area contributed by atoms with E-state index in [1.54, 1.807) is 24.1 Å². The van der Waals surface area contributed by atoms with Crippen molar-refractivity contribution in [3.63, 3.8) is 0 Å². The van der Waals surface area contributed by atoms with Gasteiger partial charge in [-0.05, 0) is 48.6 Å². The second-order valence-corrected chi connectivity index (χ2v) is 6.52. The molecule has 1 heterocycles. The zero-order valence-electron chi connectivity index (χ0n) is 15.4. The highest BCUT2D eigenvalue weighted by Gasteiger charge is 2.34. The molecule has 1 aliphatic carbocycles. The van der Waals surface area contributed by atoms with Gasteiger partial charge in [-0.1, -0.05) is 11.6 Å². The van der Waals surface area contributed by atoms with E-state index in [1.165, 1.54) is 25.4 Å². The normalized spacial score (nSPS) is 19.6. The molecule has 140 valence electrons. The Bertz CT molecular complexity index is 753. The van der Waals surface area contributed by atoms with Crippen molar-refractivity contribution in [1.29, 1.82) is 0 Å². The monoisotopic (exact) mass is 359 g/mol. The fraction of sp³-hybridized carbons (Fsp3) is 0.450. The van der Waals surface area contributed by atoms with Crippen molar-refractivity contribution in [2.24, 2.45) is 0 Å². The summed E-state index contributed by atoms with van der Waals surface area (Å²) < 4.78 is 15.5. The number of allylic oxidation sites excluding steroid dienone is 2. The van der Waals surface area contributed by atoms with Crippen LogP contribution in [-0.4, -0.2) is 50.0 Å². The molecule has 1 atom stereocenters. The number of ether oxygens (including phenoxy) is 3. The minimum atomic E-state index is -0.319. The van der Waals surface area contributed by atoms with E-state index in [0.29, 0.717) is 18.7 Å². The molecule has 6 nitrogen and oxygen atoms in total. The second-order valence-electron chi connectivity index (χ2n) is 6.52. The van der Waals surface area contributed by atoms with Gasteiger partial charge in [0, 0.05) is 13.0 Å². The first-order valence-electron chi connectivity index (χ1n) is 8.71. The molecule has 1 aliphatic heterocycles. The van der Waals surface area contributed by atoms with E-state index in [0.717, 1.165) is 30.6 Å². The Labute approximate surface area is 153 Å². The molecule has 0 saturated carbocycles. The average Bonchev–Trinajstić information content (AvgIpc) is 2.67. The lowest BCUT2D eigenvalue weighted by molar-refractivity contribution is 0.107. The van der Waals surface area contributed by atoms with Gasteiger partial charge in [-0.2, -0.15) is 0 Å². The lowest BCUT2D eigenvalue weighted by atomic mass is 9.82. The van der Waals surface area contributed by atoms with Crippen LogP contribution in [0.2, 0.25) is 0 Å². The van der Waals surface area contributed by atoms with Crippen LogP contribution in [-0.2, 0) is 15.9 Å². The number of phenols is 1. The van der Waals surface area contributed by atoms with Crippen LogP contribution >= 0.6 is 0 Å². The Balaban J connectivity index is 1.90. The van der Waals surface area contributed by atoms with Crippen molar-refractivity contribution in [1.82, 2.24) is 4.90 Å². The molecule has 26 heavy (non-hydrogen) atoms. The fourth-order valence-electron chi connectivity index (χ4n) is 3.79. The fourth-order valence-corrected chi connectivity index (χ4v) is 3.79. The molecule has 1 unspecified atom stereocenters. The first-order valence-corrected chi connectivity index (χ1v) is 8.71. The number of phenolic OH excluding ortho intramolecular Hbond substituents is 1. The summed E-state index contributed by atoms with van der Waals surface area (Å²) in [5.74, 6) is 1.52. The summed E-state index contributed by atoms with van der Waals surface area (Å²) >= 11 is 0. The third-order valence-electron chi connectivity index (χ3n) is 5.17. The molecular weight excluding hydrogens is 334 g/mol. The van der Waals surface area contributed by atoms with Crippen LogP contribution in [0.3, 0.4) is 0 Å². The van der Waals surface area contributed by atoms with Crippen molar-refractivity contribution in [2.45, 2.75) is 31.7 Å². The van der Waals surface area contributed by atoms with Crippen LogP contribution in [0.25, 0.3) is 0 Å². The van der Waals surface area contributed by atoms with Crippen LogP contribution < -0.4 is 4.74 Å². The van der Waals surface area contributed by atoms with Gasteiger partial charge in [0.05, 0.1) is 33.1 Å². The number of hydrogen-bond acceptors (Lipinski definition) is 5. The molecule has 1 aromatic carbocycles. The molecule has 0 radical (unpaired) electrons. The predicted octanol–water partition coefficient (Wildman–Crippen LogP) is 3.40. The van der Waals surface area contributed by atoms with Gasteiger partial charge >= 0.3 is 6.09 Å². The van der Waals surface area contributed by atoms with Gasteiger partial charge in [-0.25, -0.2) is 4.79 Å². The minimum Gasteiger partial charge on any atom is -0.504 e. The number of nitrogens with zero attached hydrogens (tertiary/aromatic N) is 1. The van der Waals surface area contributed by atoms with Gasteiger partial charge in [0.25, 0.3) is 0 Å². The minimum absolute atomic E-state index is 0.0892. The van der Waals surface area contributed by atoms with Crippen molar-refractivity contribution >= 4 is 6.09 Å². The van der Waals surface area contributed by atoms with Gasteiger partial charge in [0.15, 0.2) is 11.5 Å². The summed E-state index contributed by atoms with van der Waals surface area (Å²) in [4.78, 5) is 14.1. The van der Waals surface area contributed by atoms with Crippen molar-refractivity contribution in [3.05, 3.63) is 46.7 Å². The van der Waals surface area contributed by atoms with Gasteiger partial charge < -0.3 is 24.2 Å². The van der Waals surface area contributed by atoms with Crippen molar-refractivity contribution < 1.29 is 24.1 Å². The highest BCUT2D eigenvalue weighted by atomic mass is 16.5. The van der Waals surface area contributed by atoms with Crippen molar-refractivity contribution in [2.75, 3.05) is 27.9 Å². The Morgan fingerprint density at radius 1 is 1.27 bits per heavy atom. The second kappa shape index (κ2) is 7.72. The molecule has 1 aromatic rings. The van der Waals surface area contributed by atoms with Gasteiger partial charge in [0.1, 0.15) is 0 Å². The number of carbonyl (C=O) groups is 1. The smallest absolute Gasteiger partial charge is 0.410 e. The number of rotatable bonds is 4. The Morgan fingerprint density at radius 2 is 2.08 bits per heavy atom. The first kappa shape index (κ1) is 18.2.